The molecular weight excluding hydrogens is 292 g/mol. The summed E-state index contributed by atoms with van der Waals surface area (Å²) >= 11 is 0. The highest BCUT2D eigenvalue weighted by Gasteiger charge is 2.13. The highest BCUT2D eigenvalue weighted by Crippen LogP contribution is 2.30. The summed E-state index contributed by atoms with van der Waals surface area (Å²) in [5.74, 6) is 0.858. The zero-order chi connectivity index (χ0) is 16.6. The average molecular weight is 316 g/mol. The number of phenolic OH excluding ortho intramolecular Hbond substituents is 1. The molecule has 0 amide bonds. The standard InChI is InChI=1S/C23H24O/c24-23-18-10-8-16-21(23)15-7-9-17-22(19-11-3-1-4-12-19)20-13-5-2-6-14-20/h1-6,8,10-14,16,18,22,24H,7,9,15,17H2. The Morgan fingerprint density at radius 1 is 0.625 bits per heavy atom. The molecule has 0 unspecified atom stereocenters. The van der Waals surface area contributed by atoms with E-state index in [4.69, 9.17) is 0 Å². The Balaban J connectivity index is 1.64. The Labute approximate surface area is 144 Å². The number of phenols is 1. The van der Waals surface area contributed by atoms with Gasteiger partial charge in [0.15, 0.2) is 0 Å². The van der Waals surface area contributed by atoms with E-state index < -0.39 is 0 Å². The molecule has 0 radical (unpaired) electrons. The van der Waals surface area contributed by atoms with Gasteiger partial charge in [-0.3, -0.25) is 0 Å². The van der Waals surface area contributed by atoms with Crippen molar-refractivity contribution in [3.05, 3.63) is 102 Å². The van der Waals surface area contributed by atoms with Crippen molar-refractivity contribution in [3.63, 3.8) is 0 Å². The van der Waals surface area contributed by atoms with Crippen LogP contribution < -0.4 is 0 Å². The Kier molecular flexibility index (Phi) is 5.68. The lowest BCUT2D eigenvalue weighted by molar-refractivity contribution is 0.466. The summed E-state index contributed by atoms with van der Waals surface area (Å²) in [5.41, 5.74) is 3.81. The zero-order valence-corrected chi connectivity index (χ0v) is 13.9. The Morgan fingerprint density at radius 2 is 1.17 bits per heavy atom. The van der Waals surface area contributed by atoms with Gasteiger partial charge in [0.2, 0.25) is 0 Å². The van der Waals surface area contributed by atoms with Crippen LogP contribution in [0.1, 0.15) is 41.9 Å². The number of unbranched alkanes of at least 4 members (excludes halogenated alkanes) is 1. The highest BCUT2D eigenvalue weighted by molar-refractivity contribution is 5.33. The van der Waals surface area contributed by atoms with E-state index in [0.29, 0.717) is 11.7 Å². The number of hydrogen-bond donors (Lipinski definition) is 1. The van der Waals surface area contributed by atoms with Crippen LogP contribution in [0, 0.1) is 0 Å². The van der Waals surface area contributed by atoms with Crippen LogP contribution in [0.5, 0.6) is 5.75 Å². The fourth-order valence-electron chi connectivity index (χ4n) is 3.28. The minimum Gasteiger partial charge on any atom is -0.508 e. The van der Waals surface area contributed by atoms with Crippen molar-refractivity contribution in [1.82, 2.24) is 0 Å². The van der Waals surface area contributed by atoms with Crippen molar-refractivity contribution in [2.75, 3.05) is 0 Å². The van der Waals surface area contributed by atoms with E-state index in [-0.39, 0.29) is 0 Å². The molecule has 0 bridgehead atoms. The van der Waals surface area contributed by atoms with Crippen LogP contribution in [0.15, 0.2) is 84.9 Å². The molecule has 3 rings (SSSR count). The van der Waals surface area contributed by atoms with Gasteiger partial charge in [0.05, 0.1) is 0 Å². The van der Waals surface area contributed by atoms with Gasteiger partial charge in [-0.1, -0.05) is 85.3 Å². The summed E-state index contributed by atoms with van der Waals surface area (Å²) in [7, 11) is 0. The summed E-state index contributed by atoms with van der Waals surface area (Å²) in [4.78, 5) is 0. The molecule has 0 aliphatic rings. The lowest BCUT2D eigenvalue weighted by Gasteiger charge is -2.18. The van der Waals surface area contributed by atoms with Crippen molar-refractivity contribution in [3.8, 4) is 5.75 Å². The molecule has 0 saturated carbocycles. The smallest absolute Gasteiger partial charge is 0.118 e. The van der Waals surface area contributed by atoms with Crippen molar-refractivity contribution < 1.29 is 5.11 Å². The molecule has 3 aromatic carbocycles. The van der Waals surface area contributed by atoms with Gasteiger partial charge in [0.1, 0.15) is 5.75 Å². The van der Waals surface area contributed by atoms with E-state index in [1.54, 1.807) is 6.07 Å². The van der Waals surface area contributed by atoms with Gasteiger partial charge >= 0.3 is 0 Å². The maximum atomic E-state index is 9.88. The van der Waals surface area contributed by atoms with Gasteiger partial charge in [0.25, 0.3) is 0 Å². The molecule has 0 aliphatic heterocycles. The average Bonchev–Trinajstić information content (AvgIpc) is 2.64. The summed E-state index contributed by atoms with van der Waals surface area (Å²) in [6.07, 6.45) is 4.29. The van der Waals surface area contributed by atoms with E-state index in [0.717, 1.165) is 31.2 Å². The molecule has 0 spiro atoms. The Hall–Kier alpha value is -2.54. The van der Waals surface area contributed by atoms with Crippen molar-refractivity contribution in [2.24, 2.45) is 0 Å². The van der Waals surface area contributed by atoms with Crippen LogP contribution >= 0.6 is 0 Å². The second-order valence-electron chi connectivity index (χ2n) is 6.25. The molecule has 0 aliphatic carbocycles. The summed E-state index contributed by atoms with van der Waals surface area (Å²) < 4.78 is 0. The van der Waals surface area contributed by atoms with Crippen LogP contribution in [-0.4, -0.2) is 5.11 Å². The third-order valence-electron chi connectivity index (χ3n) is 4.58. The Bertz CT molecular complexity index is 695. The van der Waals surface area contributed by atoms with Crippen molar-refractivity contribution >= 4 is 0 Å². The van der Waals surface area contributed by atoms with Crippen LogP contribution in [0.2, 0.25) is 0 Å². The number of aromatic hydroxyl groups is 1. The summed E-state index contributed by atoms with van der Waals surface area (Å²) in [6.45, 7) is 0. The first-order valence-corrected chi connectivity index (χ1v) is 8.71. The molecule has 0 atom stereocenters. The third-order valence-corrected chi connectivity index (χ3v) is 4.58. The van der Waals surface area contributed by atoms with Crippen LogP contribution in [0.4, 0.5) is 0 Å². The first-order chi connectivity index (χ1) is 11.8. The lowest BCUT2D eigenvalue weighted by Crippen LogP contribution is -2.01. The zero-order valence-electron chi connectivity index (χ0n) is 13.9. The SMILES string of the molecule is Oc1ccccc1CCCCC(c1ccccc1)c1ccccc1. The lowest BCUT2D eigenvalue weighted by atomic mass is 9.86. The first-order valence-electron chi connectivity index (χ1n) is 8.71. The largest absolute Gasteiger partial charge is 0.508 e. The summed E-state index contributed by atoms with van der Waals surface area (Å²) in [6, 6.07) is 29.2. The molecule has 0 aromatic heterocycles. The van der Waals surface area contributed by atoms with E-state index in [1.165, 1.54) is 11.1 Å². The number of hydrogen-bond acceptors (Lipinski definition) is 1. The van der Waals surface area contributed by atoms with E-state index in [9.17, 15) is 5.11 Å². The first kappa shape index (κ1) is 16.3. The van der Waals surface area contributed by atoms with Gasteiger partial charge < -0.3 is 5.11 Å². The van der Waals surface area contributed by atoms with E-state index in [1.807, 2.05) is 18.2 Å². The van der Waals surface area contributed by atoms with Gasteiger partial charge in [-0.05, 0) is 42.0 Å². The quantitative estimate of drug-likeness (QED) is 0.535. The van der Waals surface area contributed by atoms with Gasteiger partial charge in [-0.2, -0.15) is 0 Å². The second kappa shape index (κ2) is 8.35. The fraction of sp³-hybridized carbons (Fsp3) is 0.217. The topological polar surface area (TPSA) is 20.2 Å². The van der Waals surface area contributed by atoms with Crippen molar-refractivity contribution in [1.29, 1.82) is 0 Å². The number of para-hydroxylation sites is 1. The molecule has 1 N–H and O–H groups in total. The molecule has 122 valence electrons. The normalized spacial score (nSPS) is 10.9. The molecule has 24 heavy (non-hydrogen) atoms. The molecule has 0 saturated heterocycles. The van der Waals surface area contributed by atoms with Crippen LogP contribution in [0.25, 0.3) is 0 Å². The molecule has 0 heterocycles. The van der Waals surface area contributed by atoms with Gasteiger partial charge in [-0.15, -0.1) is 0 Å². The number of aryl methyl sites for hydroxylation is 1. The van der Waals surface area contributed by atoms with E-state index in [2.05, 4.69) is 60.7 Å². The summed E-state index contributed by atoms with van der Waals surface area (Å²) in [5, 5.41) is 9.88. The Morgan fingerprint density at radius 3 is 1.75 bits per heavy atom. The van der Waals surface area contributed by atoms with Crippen LogP contribution in [0.3, 0.4) is 0 Å². The molecule has 0 fully saturated rings. The highest BCUT2D eigenvalue weighted by atomic mass is 16.3. The van der Waals surface area contributed by atoms with Crippen molar-refractivity contribution in [2.45, 2.75) is 31.6 Å². The van der Waals surface area contributed by atoms with Gasteiger partial charge in [-0.25, -0.2) is 0 Å². The predicted octanol–water partition coefficient (Wildman–Crippen LogP) is 5.94. The minimum atomic E-state index is 0.417. The molecule has 1 heteroatoms. The number of benzene rings is 3. The van der Waals surface area contributed by atoms with Gasteiger partial charge in [0, 0.05) is 5.92 Å². The molecule has 1 nitrogen and oxygen atoms in total. The maximum Gasteiger partial charge on any atom is 0.118 e. The fourth-order valence-corrected chi connectivity index (χ4v) is 3.28. The predicted molar refractivity (Wildman–Crippen MR) is 100 cm³/mol. The molecular formula is C23H24O. The minimum absolute atomic E-state index is 0.417. The van der Waals surface area contributed by atoms with Crippen LogP contribution in [-0.2, 0) is 6.42 Å². The van der Waals surface area contributed by atoms with E-state index >= 15 is 0 Å². The second-order valence-corrected chi connectivity index (χ2v) is 6.25. The maximum absolute atomic E-state index is 9.88. The molecule has 3 aromatic rings. The monoisotopic (exact) mass is 316 g/mol. The third kappa shape index (κ3) is 4.26. The number of rotatable bonds is 7.